The monoisotopic (exact) mass is 555 g/mol. The zero-order valence-corrected chi connectivity index (χ0v) is 23.1. The Labute approximate surface area is 239 Å². The van der Waals surface area contributed by atoms with Crippen LogP contribution in [0.3, 0.4) is 0 Å². The molecule has 3 aromatic carbocycles. The smallest absolute Gasteiger partial charge is 0.338 e. The summed E-state index contributed by atoms with van der Waals surface area (Å²) in [6.45, 7) is 6.42. The van der Waals surface area contributed by atoms with E-state index in [1.165, 1.54) is 6.08 Å². The van der Waals surface area contributed by atoms with E-state index in [0.717, 1.165) is 22.3 Å². The van der Waals surface area contributed by atoms with E-state index >= 15 is 0 Å². The van der Waals surface area contributed by atoms with Crippen molar-refractivity contribution in [2.24, 2.45) is 0 Å². The number of anilines is 1. The molecule has 1 atom stereocenters. The molecule has 0 spiro atoms. The second-order valence-electron chi connectivity index (χ2n) is 9.23. The van der Waals surface area contributed by atoms with E-state index in [1.54, 1.807) is 31.4 Å². The lowest BCUT2D eigenvalue weighted by Crippen LogP contribution is -2.41. The lowest BCUT2D eigenvalue weighted by atomic mass is 10.0. The van der Waals surface area contributed by atoms with Crippen LogP contribution < -0.4 is 10.6 Å². The maximum Gasteiger partial charge on any atom is 0.338 e. The number of hydrogen-bond acceptors (Lipinski definition) is 8. The Balaban J connectivity index is 0.000000263. The average molecular weight is 556 g/mol. The molecule has 9 heteroatoms. The van der Waals surface area contributed by atoms with Gasteiger partial charge in [0.05, 0.1) is 23.8 Å². The molecular formula is C32H33N3O6. The minimum absolute atomic E-state index is 0.0542. The molecule has 0 saturated carbocycles. The molecule has 3 aromatic rings. The van der Waals surface area contributed by atoms with Crippen molar-refractivity contribution in [3.63, 3.8) is 0 Å². The number of cyclic esters (lactones) is 1. The number of amides is 1. The van der Waals surface area contributed by atoms with Crippen molar-refractivity contribution in [1.29, 1.82) is 5.26 Å². The Hall–Kier alpha value is -4.94. The fourth-order valence-corrected chi connectivity index (χ4v) is 4.11. The topological polar surface area (TPSA) is 127 Å². The lowest BCUT2D eigenvalue weighted by molar-refractivity contribution is -0.121. The van der Waals surface area contributed by atoms with Crippen LogP contribution in [0, 0.1) is 18.3 Å². The number of hydrogen-bond donors (Lipinski definition) is 2. The number of carbonyl (C=O) groups excluding carboxylic acids is 3. The zero-order chi connectivity index (χ0) is 29.6. The van der Waals surface area contributed by atoms with Crippen molar-refractivity contribution >= 4 is 23.5 Å². The summed E-state index contributed by atoms with van der Waals surface area (Å²) in [5, 5.41) is 14.5. The summed E-state index contributed by atoms with van der Waals surface area (Å²) < 4.78 is 14.9. The van der Waals surface area contributed by atoms with Crippen molar-refractivity contribution in [3.05, 3.63) is 113 Å². The molecular weight excluding hydrogens is 522 g/mol. The van der Waals surface area contributed by atoms with Crippen LogP contribution in [-0.2, 0) is 38.6 Å². The minimum Gasteiger partial charge on any atom is -0.458 e. The van der Waals surface area contributed by atoms with Gasteiger partial charge in [0.25, 0.3) is 0 Å². The molecule has 1 unspecified atom stereocenters. The highest BCUT2D eigenvalue weighted by Gasteiger charge is 2.23. The van der Waals surface area contributed by atoms with Gasteiger partial charge in [0.15, 0.2) is 0 Å². The predicted octanol–water partition coefficient (Wildman–Crippen LogP) is 4.50. The van der Waals surface area contributed by atoms with Crippen molar-refractivity contribution < 1.29 is 28.6 Å². The number of rotatable bonds is 11. The van der Waals surface area contributed by atoms with E-state index in [-0.39, 0.29) is 37.6 Å². The van der Waals surface area contributed by atoms with E-state index < -0.39 is 6.04 Å². The van der Waals surface area contributed by atoms with Gasteiger partial charge in [-0.2, -0.15) is 5.26 Å². The molecule has 0 bridgehead atoms. The molecule has 41 heavy (non-hydrogen) atoms. The van der Waals surface area contributed by atoms with Crippen LogP contribution in [0.2, 0.25) is 0 Å². The standard InChI is InChI=1S/C20H19N3O3.C12H14O3/c1-13-3-2-4-14(9-13)10-18(19(24)22-8-7-21)23-16-6-5-15-12-26-20(25)17(15)11-16;1-3-7-15-12(13)11-6-4-5-10(8-11)9-14-2/h2-6,9,11,18,23H,8,10,12H2,1H3,(H,22,24);3-6,8H,1,7,9H2,2H3. The van der Waals surface area contributed by atoms with Gasteiger partial charge in [-0.05, 0) is 42.3 Å². The van der Waals surface area contributed by atoms with Crippen LogP contribution in [0.15, 0.2) is 79.4 Å². The summed E-state index contributed by atoms with van der Waals surface area (Å²) in [4.78, 5) is 35.7. The number of ether oxygens (including phenoxy) is 3. The van der Waals surface area contributed by atoms with E-state index in [1.807, 2.05) is 55.5 Å². The first-order valence-corrected chi connectivity index (χ1v) is 13.0. The third-order valence-electron chi connectivity index (χ3n) is 6.02. The Morgan fingerprint density at radius 1 is 1.12 bits per heavy atom. The highest BCUT2D eigenvalue weighted by atomic mass is 16.5. The molecule has 0 aliphatic carbocycles. The Bertz CT molecular complexity index is 1430. The van der Waals surface area contributed by atoms with Crippen LogP contribution in [0.4, 0.5) is 5.69 Å². The Kier molecular flexibility index (Phi) is 11.6. The normalized spacial score (nSPS) is 12.0. The molecule has 0 saturated heterocycles. The Morgan fingerprint density at radius 3 is 2.63 bits per heavy atom. The van der Waals surface area contributed by atoms with Crippen molar-refractivity contribution in [2.75, 3.05) is 25.6 Å². The Morgan fingerprint density at radius 2 is 1.90 bits per heavy atom. The van der Waals surface area contributed by atoms with Crippen LogP contribution >= 0.6 is 0 Å². The number of nitrogens with one attached hydrogen (secondary N) is 2. The van der Waals surface area contributed by atoms with Gasteiger partial charge in [-0.25, -0.2) is 9.59 Å². The summed E-state index contributed by atoms with van der Waals surface area (Å²) in [5.74, 6) is -0.961. The first-order valence-electron chi connectivity index (χ1n) is 13.0. The predicted molar refractivity (Wildman–Crippen MR) is 154 cm³/mol. The summed E-state index contributed by atoms with van der Waals surface area (Å²) in [7, 11) is 1.61. The van der Waals surface area contributed by atoms with Crippen LogP contribution in [0.5, 0.6) is 0 Å². The molecule has 2 N–H and O–H groups in total. The molecule has 0 radical (unpaired) electrons. The van der Waals surface area contributed by atoms with E-state index in [0.29, 0.717) is 29.8 Å². The van der Waals surface area contributed by atoms with Gasteiger partial charge in [0, 0.05) is 24.8 Å². The minimum atomic E-state index is -0.569. The number of aryl methyl sites for hydroxylation is 1. The summed E-state index contributed by atoms with van der Waals surface area (Å²) >= 11 is 0. The van der Waals surface area contributed by atoms with E-state index in [2.05, 4.69) is 17.2 Å². The molecule has 9 nitrogen and oxygen atoms in total. The highest BCUT2D eigenvalue weighted by Crippen LogP contribution is 2.24. The van der Waals surface area contributed by atoms with E-state index in [4.69, 9.17) is 19.5 Å². The molecule has 1 heterocycles. The van der Waals surface area contributed by atoms with Gasteiger partial charge in [-0.1, -0.05) is 60.7 Å². The van der Waals surface area contributed by atoms with Gasteiger partial charge in [-0.15, -0.1) is 0 Å². The SMILES string of the molecule is C=CCOC(=O)c1cccc(COC)c1.Cc1cccc(CC(Nc2ccc3c(c2)C(=O)OC3)C(=O)NCC#N)c1. The van der Waals surface area contributed by atoms with Gasteiger partial charge >= 0.3 is 11.9 Å². The highest BCUT2D eigenvalue weighted by molar-refractivity contribution is 5.95. The first-order chi connectivity index (χ1) is 19.8. The molecule has 1 aliphatic rings. The van der Waals surface area contributed by atoms with Gasteiger partial charge in [0.2, 0.25) is 5.91 Å². The number of fused-ring (bicyclic) bond motifs is 1. The molecule has 4 rings (SSSR count). The first kappa shape index (κ1) is 30.6. The largest absolute Gasteiger partial charge is 0.458 e. The van der Waals surface area contributed by atoms with Crippen molar-refractivity contribution in [2.45, 2.75) is 32.6 Å². The number of carbonyl (C=O) groups is 3. The van der Waals surface area contributed by atoms with Gasteiger partial charge in [0.1, 0.15) is 25.8 Å². The molecule has 212 valence electrons. The lowest BCUT2D eigenvalue weighted by Gasteiger charge is -2.19. The third kappa shape index (κ3) is 9.34. The van der Waals surface area contributed by atoms with Crippen molar-refractivity contribution in [3.8, 4) is 6.07 Å². The number of methoxy groups -OCH3 is 1. The number of nitrogens with zero attached hydrogens (tertiary/aromatic N) is 1. The summed E-state index contributed by atoms with van der Waals surface area (Å²) in [5.41, 5.74) is 5.62. The number of esters is 2. The second kappa shape index (κ2) is 15.6. The number of benzene rings is 3. The summed E-state index contributed by atoms with van der Waals surface area (Å²) in [6, 6.07) is 21.8. The van der Waals surface area contributed by atoms with E-state index in [9.17, 15) is 14.4 Å². The maximum absolute atomic E-state index is 12.5. The molecule has 1 amide bonds. The quantitative estimate of drug-likeness (QED) is 0.201. The van der Waals surface area contributed by atoms with Gasteiger partial charge in [-0.3, -0.25) is 4.79 Å². The van der Waals surface area contributed by atoms with Gasteiger partial charge < -0.3 is 24.8 Å². The van der Waals surface area contributed by atoms with Crippen LogP contribution in [-0.4, -0.2) is 44.1 Å². The fraction of sp³-hybridized carbons (Fsp3) is 0.250. The third-order valence-corrected chi connectivity index (χ3v) is 6.02. The van der Waals surface area contributed by atoms with Crippen LogP contribution in [0.25, 0.3) is 0 Å². The molecule has 0 aromatic heterocycles. The fourth-order valence-electron chi connectivity index (χ4n) is 4.11. The number of nitriles is 1. The molecule has 0 fully saturated rings. The average Bonchev–Trinajstić information content (AvgIpc) is 3.34. The zero-order valence-electron chi connectivity index (χ0n) is 23.1. The van der Waals surface area contributed by atoms with Crippen molar-refractivity contribution in [1.82, 2.24) is 5.32 Å². The second-order valence-corrected chi connectivity index (χ2v) is 9.23. The maximum atomic E-state index is 12.5. The summed E-state index contributed by atoms with van der Waals surface area (Å²) in [6.07, 6.45) is 2.00. The molecule has 1 aliphatic heterocycles. The van der Waals surface area contributed by atoms with Crippen LogP contribution in [0.1, 0.15) is 43.0 Å².